The summed E-state index contributed by atoms with van der Waals surface area (Å²) in [5.41, 5.74) is 0.426. The lowest BCUT2D eigenvalue weighted by molar-refractivity contribution is 0.166. The SMILES string of the molecule is CC(C)NCCc1nc(C2CCC(C(C)(C)C)CC2)no1. The van der Waals surface area contributed by atoms with Crippen molar-refractivity contribution in [3.8, 4) is 0 Å². The molecule has 0 atom stereocenters. The molecule has 1 aromatic heterocycles. The van der Waals surface area contributed by atoms with Crippen molar-refractivity contribution < 1.29 is 4.52 Å². The van der Waals surface area contributed by atoms with Crippen LogP contribution in [0.5, 0.6) is 0 Å². The summed E-state index contributed by atoms with van der Waals surface area (Å²) in [6.45, 7) is 12.3. The molecule has 1 aliphatic carbocycles. The van der Waals surface area contributed by atoms with Crippen LogP contribution in [-0.2, 0) is 6.42 Å². The van der Waals surface area contributed by atoms with Crippen LogP contribution in [0.3, 0.4) is 0 Å². The van der Waals surface area contributed by atoms with Crippen molar-refractivity contribution in [2.24, 2.45) is 11.3 Å². The minimum absolute atomic E-state index is 0.426. The first-order valence-electron chi connectivity index (χ1n) is 8.42. The molecule has 4 nitrogen and oxygen atoms in total. The van der Waals surface area contributed by atoms with E-state index in [2.05, 4.69) is 50.1 Å². The van der Waals surface area contributed by atoms with E-state index in [1.54, 1.807) is 0 Å². The van der Waals surface area contributed by atoms with Gasteiger partial charge in [-0.3, -0.25) is 0 Å². The molecule has 0 unspecified atom stereocenters. The Hall–Kier alpha value is -0.900. The fourth-order valence-corrected chi connectivity index (χ4v) is 3.22. The minimum atomic E-state index is 0.426. The number of nitrogens with one attached hydrogen (secondary N) is 1. The molecular weight excluding hydrogens is 262 g/mol. The van der Waals surface area contributed by atoms with Gasteiger partial charge in [0.05, 0.1) is 0 Å². The number of rotatable bonds is 5. The Balaban J connectivity index is 1.83. The van der Waals surface area contributed by atoms with Crippen LogP contribution in [0.15, 0.2) is 4.52 Å². The lowest BCUT2D eigenvalue weighted by Gasteiger charge is -2.36. The van der Waals surface area contributed by atoms with Crippen LogP contribution in [0.2, 0.25) is 0 Å². The molecule has 0 bridgehead atoms. The summed E-state index contributed by atoms with van der Waals surface area (Å²) in [7, 11) is 0. The summed E-state index contributed by atoms with van der Waals surface area (Å²) in [4.78, 5) is 4.60. The summed E-state index contributed by atoms with van der Waals surface area (Å²) in [5, 5.41) is 7.59. The third-order valence-electron chi connectivity index (χ3n) is 4.69. The van der Waals surface area contributed by atoms with Gasteiger partial charge in [0.1, 0.15) is 0 Å². The van der Waals surface area contributed by atoms with Gasteiger partial charge in [-0.25, -0.2) is 0 Å². The van der Waals surface area contributed by atoms with E-state index in [1.807, 2.05) is 0 Å². The zero-order valence-electron chi connectivity index (χ0n) is 14.3. The van der Waals surface area contributed by atoms with Crippen molar-refractivity contribution in [2.75, 3.05) is 6.54 Å². The first-order valence-corrected chi connectivity index (χ1v) is 8.42. The molecule has 0 aliphatic heterocycles. The molecule has 1 saturated carbocycles. The van der Waals surface area contributed by atoms with Crippen molar-refractivity contribution in [3.05, 3.63) is 11.7 Å². The number of hydrogen-bond acceptors (Lipinski definition) is 4. The van der Waals surface area contributed by atoms with Crippen molar-refractivity contribution in [1.29, 1.82) is 0 Å². The third kappa shape index (κ3) is 4.80. The van der Waals surface area contributed by atoms with Gasteiger partial charge < -0.3 is 9.84 Å². The smallest absolute Gasteiger partial charge is 0.227 e. The van der Waals surface area contributed by atoms with Crippen molar-refractivity contribution >= 4 is 0 Å². The molecule has 0 aromatic carbocycles. The second-order valence-corrected chi connectivity index (χ2v) is 7.82. The maximum absolute atomic E-state index is 5.39. The molecule has 0 radical (unpaired) electrons. The molecule has 0 saturated heterocycles. The maximum atomic E-state index is 5.39. The molecule has 1 heterocycles. The first kappa shape index (κ1) is 16.5. The number of nitrogens with zero attached hydrogens (tertiary/aromatic N) is 2. The highest BCUT2D eigenvalue weighted by atomic mass is 16.5. The van der Waals surface area contributed by atoms with E-state index in [0.29, 0.717) is 17.4 Å². The van der Waals surface area contributed by atoms with Crippen LogP contribution in [0, 0.1) is 11.3 Å². The van der Waals surface area contributed by atoms with E-state index in [9.17, 15) is 0 Å². The van der Waals surface area contributed by atoms with Gasteiger partial charge in [0.25, 0.3) is 0 Å². The summed E-state index contributed by atoms with van der Waals surface area (Å²) in [6.07, 6.45) is 5.79. The van der Waals surface area contributed by atoms with Gasteiger partial charge in [0.15, 0.2) is 5.82 Å². The van der Waals surface area contributed by atoms with Crippen molar-refractivity contribution in [1.82, 2.24) is 15.5 Å². The van der Waals surface area contributed by atoms with E-state index in [0.717, 1.165) is 30.6 Å². The maximum Gasteiger partial charge on any atom is 0.227 e. The molecule has 0 amide bonds. The Morgan fingerprint density at radius 2 is 1.86 bits per heavy atom. The quantitative estimate of drug-likeness (QED) is 0.893. The topological polar surface area (TPSA) is 51.0 Å². The van der Waals surface area contributed by atoms with Gasteiger partial charge in [-0.1, -0.05) is 39.8 Å². The Morgan fingerprint density at radius 1 is 1.19 bits per heavy atom. The third-order valence-corrected chi connectivity index (χ3v) is 4.69. The predicted molar refractivity (Wildman–Crippen MR) is 85.3 cm³/mol. The summed E-state index contributed by atoms with van der Waals surface area (Å²) in [6, 6.07) is 0.500. The van der Waals surface area contributed by atoms with E-state index in [4.69, 9.17) is 4.52 Å². The van der Waals surface area contributed by atoms with Crippen LogP contribution in [0.1, 0.15) is 77.9 Å². The lowest BCUT2D eigenvalue weighted by atomic mass is 9.70. The van der Waals surface area contributed by atoms with Crippen LogP contribution in [0.25, 0.3) is 0 Å². The summed E-state index contributed by atoms with van der Waals surface area (Å²) < 4.78 is 5.39. The van der Waals surface area contributed by atoms with Crippen LogP contribution in [0.4, 0.5) is 0 Å². The van der Waals surface area contributed by atoms with Gasteiger partial charge in [0.2, 0.25) is 5.89 Å². The van der Waals surface area contributed by atoms with Gasteiger partial charge in [0, 0.05) is 24.9 Å². The highest BCUT2D eigenvalue weighted by Crippen LogP contribution is 2.42. The predicted octanol–water partition coefficient (Wildman–Crippen LogP) is 3.93. The zero-order chi connectivity index (χ0) is 15.5. The first-order chi connectivity index (χ1) is 9.86. The summed E-state index contributed by atoms with van der Waals surface area (Å²) >= 11 is 0. The van der Waals surface area contributed by atoms with E-state index >= 15 is 0 Å². The average molecular weight is 293 g/mol. The van der Waals surface area contributed by atoms with Gasteiger partial charge in [-0.2, -0.15) is 4.98 Å². The average Bonchev–Trinajstić information content (AvgIpc) is 2.86. The van der Waals surface area contributed by atoms with E-state index < -0.39 is 0 Å². The molecule has 1 aliphatic rings. The fourth-order valence-electron chi connectivity index (χ4n) is 3.22. The Morgan fingerprint density at radius 3 is 2.43 bits per heavy atom. The Kier molecular flexibility index (Phi) is 5.42. The number of aromatic nitrogens is 2. The van der Waals surface area contributed by atoms with Crippen LogP contribution >= 0.6 is 0 Å². The van der Waals surface area contributed by atoms with Crippen molar-refractivity contribution in [3.63, 3.8) is 0 Å². The summed E-state index contributed by atoms with van der Waals surface area (Å²) in [5.74, 6) is 3.03. The molecular formula is C17H31N3O. The van der Waals surface area contributed by atoms with Gasteiger partial charge in [-0.15, -0.1) is 0 Å². The highest BCUT2D eigenvalue weighted by molar-refractivity contribution is 4.99. The number of hydrogen-bond donors (Lipinski definition) is 1. The molecule has 2 rings (SSSR count). The molecule has 21 heavy (non-hydrogen) atoms. The standard InChI is InChI=1S/C17H31N3O/c1-12(2)18-11-10-15-19-16(20-21-15)13-6-8-14(9-7-13)17(3,4)5/h12-14,18H,6-11H2,1-5H3. The van der Waals surface area contributed by atoms with E-state index in [-0.39, 0.29) is 0 Å². The Bertz CT molecular complexity index is 425. The van der Waals surface area contributed by atoms with Crippen LogP contribution in [-0.4, -0.2) is 22.7 Å². The normalized spacial score (nSPS) is 23.7. The molecule has 1 aromatic rings. The monoisotopic (exact) mass is 293 g/mol. The molecule has 120 valence electrons. The molecule has 1 N–H and O–H groups in total. The molecule has 4 heteroatoms. The fraction of sp³-hybridized carbons (Fsp3) is 0.882. The molecule has 1 fully saturated rings. The van der Waals surface area contributed by atoms with Gasteiger partial charge in [-0.05, 0) is 37.0 Å². The second kappa shape index (κ2) is 6.91. The largest absolute Gasteiger partial charge is 0.339 e. The van der Waals surface area contributed by atoms with Gasteiger partial charge >= 0.3 is 0 Å². The molecule has 0 spiro atoms. The lowest BCUT2D eigenvalue weighted by Crippen LogP contribution is -2.25. The Labute approximate surface area is 129 Å². The zero-order valence-corrected chi connectivity index (χ0v) is 14.3. The minimum Gasteiger partial charge on any atom is -0.339 e. The highest BCUT2D eigenvalue weighted by Gasteiger charge is 2.31. The second-order valence-electron chi connectivity index (χ2n) is 7.82. The van der Waals surface area contributed by atoms with E-state index in [1.165, 1.54) is 25.7 Å². The van der Waals surface area contributed by atoms with Crippen molar-refractivity contribution in [2.45, 2.75) is 78.7 Å². The van der Waals surface area contributed by atoms with Crippen LogP contribution < -0.4 is 5.32 Å².